The topological polar surface area (TPSA) is 45.3 Å². The highest BCUT2D eigenvalue weighted by Crippen LogP contribution is 2.31. The van der Waals surface area contributed by atoms with Crippen LogP contribution in [0.2, 0.25) is 0 Å². The minimum absolute atomic E-state index is 0.208. The zero-order valence-corrected chi connectivity index (χ0v) is 11.9. The lowest BCUT2D eigenvalue weighted by Crippen LogP contribution is -2.29. The Hall–Kier alpha value is -1.81. The standard InChI is InChI=1S/C15H20N2O2/c1-5-19-15(18)14(17(3)4)13-10(2)16-12-9-7-6-8-11(12)13/h6-9,14,16H,5H2,1-4H3. The molecule has 1 N–H and O–H groups in total. The number of hydrogen-bond acceptors (Lipinski definition) is 3. The van der Waals surface area contributed by atoms with E-state index in [0.29, 0.717) is 6.61 Å². The van der Waals surface area contributed by atoms with Gasteiger partial charge in [-0.25, -0.2) is 4.79 Å². The van der Waals surface area contributed by atoms with Gasteiger partial charge in [-0.3, -0.25) is 4.90 Å². The highest BCUT2D eigenvalue weighted by molar-refractivity contribution is 5.90. The van der Waals surface area contributed by atoms with E-state index in [1.807, 2.05) is 57.1 Å². The molecule has 0 amide bonds. The fourth-order valence-electron chi connectivity index (χ4n) is 2.46. The average molecular weight is 260 g/mol. The van der Waals surface area contributed by atoms with Crippen molar-refractivity contribution < 1.29 is 9.53 Å². The second-order valence-electron chi connectivity index (χ2n) is 4.83. The maximum absolute atomic E-state index is 12.2. The summed E-state index contributed by atoms with van der Waals surface area (Å²) in [7, 11) is 3.78. The fourth-order valence-corrected chi connectivity index (χ4v) is 2.46. The van der Waals surface area contributed by atoms with Crippen LogP contribution < -0.4 is 0 Å². The Morgan fingerprint density at radius 2 is 2.05 bits per heavy atom. The van der Waals surface area contributed by atoms with Gasteiger partial charge in [-0.05, 0) is 34.0 Å². The predicted octanol–water partition coefficient (Wildman–Crippen LogP) is 2.64. The number of likely N-dealkylation sites (N-methyl/N-ethyl adjacent to an activating group) is 1. The Bertz CT molecular complexity index is 587. The van der Waals surface area contributed by atoms with E-state index in [2.05, 4.69) is 4.98 Å². The molecule has 0 saturated heterocycles. The lowest BCUT2D eigenvalue weighted by Gasteiger charge is -2.23. The van der Waals surface area contributed by atoms with Crippen molar-refractivity contribution in [3.63, 3.8) is 0 Å². The first-order valence-electron chi connectivity index (χ1n) is 6.46. The van der Waals surface area contributed by atoms with E-state index < -0.39 is 0 Å². The van der Waals surface area contributed by atoms with Gasteiger partial charge >= 0.3 is 5.97 Å². The number of aromatic nitrogens is 1. The molecule has 4 heteroatoms. The highest BCUT2D eigenvalue weighted by Gasteiger charge is 2.28. The van der Waals surface area contributed by atoms with Gasteiger partial charge in [-0.15, -0.1) is 0 Å². The normalized spacial score (nSPS) is 12.9. The number of ether oxygens (including phenoxy) is 1. The number of aromatic amines is 1. The van der Waals surface area contributed by atoms with Crippen LogP contribution in [0.25, 0.3) is 10.9 Å². The predicted molar refractivity (Wildman–Crippen MR) is 76.1 cm³/mol. The van der Waals surface area contributed by atoms with Crippen LogP contribution in [0.3, 0.4) is 0 Å². The maximum Gasteiger partial charge on any atom is 0.328 e. The number of aryl methyl sites for hydroxylation is 1. The van der Waals surface area contributed by atoms with Gasteiger partial charge in [0, 0.05) is 22.2 Å². The van der Waals surface area contributed by atoms with Crippen LogP contribution in [-0.4, -0.2) is 36.6 Å². The van der Waals surface area contributed by atoms with Crippen LogP contribution >= 0.6 is 0 Å². The molecular weight excluding hydrogens is 240 g/mol. The van der Waals surface area contributed by atoms with Crippen molar-refractivity contribution in [2.24, 2.45) is 0 Å². The average Bonchev–Trinajstić information content (AvgIpc) is 2.67. The first-order valence-corrected chi connectivity index (χ1v) is 6.46. The molecule has 2 rings (SSSR count). The molecule has 0 saturated carbocycles. The maximum atomic E-state index is 12.2. The minimum Gasteiger partial charge on any atom is -0.465 e. The van der Waals surface area contributed by atoms with Gasteiger partial charge < -0.3 is 9.72 Å². The number of benzene rings is 1. The molecule has 0 aliphatic carbocycles. The largest absolute Gasteiger partial charge is 0.465 e. The Balaban J connectivity index is 2.56. The molecule has 0 bridgehead atoms. The third-order valence-corrected chi connectivity index (χ3v) is 3.24. The molecule has 0 radical (unpaired) electrons. The first kappa shape index (κ1) is 13.6. The number of esters is 1. The lowest BCUT2D eigenvalue weighted by molar-refractivity contribution is -0.148. The van der Waals surface area contributed by atoms with Crippen molar-refractivity contribution in [2.45, 2.75) is 19.9 Å². The molecule has 0 aliphatic rings. The van der Waals surface area contributed by atoms with E-state index in [1.165, 1.54) is 0 Å². The van der Waals surface area contributed by atoms with Crippen LogP contribution in [0, 0.1) is 6.92 Å². The van der Waals surface area contributed by atoms with E-state index in [0.717, 1.165) is 22.2 Å². The van der Waals surface area contributed by atoms with E-state index >= 15 is 0 Å². The number of nitrogens with zero attached hydrogens (tertiary/aromatic N) is 1. The zero-order chi connectivity index (χ0) is 14.0. The van der Waals surface area contributed by atoms with Gasteiger partial charge in [0.25, 0.3) is 0 Å². The van der Waals surface area contributed by atoms with Gasteiger partial charge in [0.2, 0.25) is 0 Å². The van der Waals surface area contributed by atoms with Gasteiger partial charge in [0.15, 0.2) is 0 Å². The number of nitrogens with one attached hydrogen (secondary N) is 1. The van der Waals surface area contributed by atoms with E-state index in [9.17, 15) is 4.79 Å². The molecule has 1 unspecified atom stereocenters. The van der Waals surface area contributed by atoms with Crippen molar-refractivity contribution in [1.82, 2.24) is 9.88 Å². The molecule has 2 aromatic rings. The minimum atomic E-state index is -0.379. The van der Waals surface area contributed by atoms with Crippen molar-refractivity contribution in [2.75, 3.05) is 20.7 Å². The summed E-state index contributed by atoms with van der Waals surface area (Å²) in [5.74, 6) is -0.208. The number of rotatable bonds is 4. The van der Waals surface area contributed by atoms with Crippen LogP contribution in [0.1, 0.15) is 24.2 Å². The SMILES string of the molecule is CCOC(=O)C(c1c(C)[nH]c2ccccc12)N(C)C. The van der Waals surface area contributed by atoms with Crippen LogP contribution in [-0.2, 0) is 9.53 Å². The molecule has 0 fully saturated rings. The summed E-state index contributed by atoms with van der Waals surface area (Å²) in [5.41, 5.74) is 3.05. The molecule has 0 spiro atoms. The third kappa shape index (κ3) is 2.49. The summed E-state index contributed by atoms with van der Waals surface area (Å²) in [4.78, 5) is 17.4. The molecule has 19 heavy (non-hydrogen) atoms. The number of carbonyl (C=O) groups excluding carboxylic acids is 1. The van der Waals surface area contributed by atoms with Crippen molar-refractivity contribution in [3.8, 4) is 0 Å². The Morgan fingerprint density at radius 1 is 1.37 bits per heavy atom. The van der Waals surface area contributed by atoms with Crippen molar-refractivity contribution >= 4 is 16.9 Å². The quantitative estimate of drug-likeness (QED) is 0.860. The Kier molecular flexibility index (Phi) is 3.90. The number of H-pyrrole nitrogens is 1. The number of para-hydroxylation sites is 1. The summed E-state index contributed by atoms with van der Waals surface area (Å²) >= 11 is 0. The fraction of sp³-hybridized carbons (Fsp3) is 0.400. The van der Waals surface area contributed by atoms with E-state index in [4.69, 9.17) is 4.74 Å². The zero-order valence-electron chi connectivity index (χ0n) is 11.9. The molecule has 1 aromatic heterocycles. The van der Waals surface area contributed by atoms with E-state index in [1.54, 1.807) is 0 Å². The van der Waals surface area contributed by atoms with Crippen LogP contribution in [0.4, 0.5) is 0 Å². The molecular formula is C15H20N2O2. The number of carbonyl (C=O) groups is 1. The van der Waals surface area contributed by atoms with E-state index in [-0.39, 0.29) is 12.0 Å². The number of hydrogen-bond donors (Lipinski definition) is 1. The molecule has 1 heterocycles. The van der Waals surface area contributed by atoms with Crippen LogP contribution in [0.15, 0.2) is 24.3 Å². The number of fused-ring (bicyclic) bond motifs is 1. The molecule has 0 aliphatic heterocycles. The second kappa shape index (κ2) is 5.45. The summed E-state index contributed by atoms with van der Waals surface area (Å²) in [5, 5.41) is 1.08. The smallest absolute Gasteiger partial charge is 0.328 e. The summed E-state index contributed by atoms with van der Waals surface area (Å²) < 4.78 is 5.20. The third-order valence-electron chi connectivity index (χ3n) is 3.24. The van der Waals surface area contributed by atoms with Gasteiger partial charge in [0.05, 0.1) is 6.61 Å². The molecule has 1 atom stereocenters. The summed E-state index contributed by atoms with van der Waals surface area (Å²) in [6, 6.07) is 7.64. The van der Waals surface area contributed by atoms with Crippen molar-refractivity contribution in [1.29, 1.82) is 0 Å². The summed E-state index contributed by atoms with van der Waals surface area (Å²) in [6.07, 6.45) is 0. The molecule has 4 nitrogen and oxygen atoms in total. The molecule has 102 valence electrons. The van der Waals surface area contributed by atoms with Gasteiger partial charge in [0.1, 0.15) is 6.04 Å². The van der Waals surface area contributed by atoms with Crippen molar-refractivity contribution in [3.05, 3.63) is 35.5 Å². The lowest BCUT2D eigenvalue weighted by atomic mass is 10.0. The Labute approximate surface area is 113 Å². The first-order chi connectivity index (χ1) is 9.06. The van der Waals surface area contributed by atoms with Crippen LogP contribution in [0.5, 0.6) is 0 Å². The molecule has 1 aromatic carbocycles. The highest BCUT2D eigenvalue weighted by atomic mass is 16.5. The van der Waals surface area contributed by atoms with Gasteiger partial charge in [-0.2, -0.15) is 0 Å². The summed E-state index contributed by atoms with van der Waals surface area (Å²) in [6.45, 7) is 4.21. The second-order valence-corrected chi connectivity index (χ2v) is 4.83. The van der Waals surface area contributed by atoms with Gasteiger partial charge in [-0.1, -0.05) is 18.2 Å². The Morgan fingerprint density at radius 3 is 2.68 bits per heavy atom. The monoisotopic (exact) mass is 260 g/mol.